The van der Waals surface area contributed by atoms with Gasteiger partial charge in [0.15, 0.2) is 6.29 Å². The Bertz CT molecular complexity index is 549. The third-order valence-corrected chi connectivity index (χ3v) is 3.18. The largest absolute Gasteiger partial charge is 0.298 e. The first-order valence-electron chi connectivity index (χ1n) is 4.16. The van der Waals surface area contributed by atoms with Gasteiger partial charge in [0, 0.05) is 10.4 Å². The molecule has 0 saturated carbocycles. The number of hydrogen-bond acceptors (Lipinski definition) is 1. The van der Waals surface area contributed by atoms with E-state index in [0.717, 1.165) is 5.39 Å². The van der Waals surface area contributed by atoms with Crippen molar-refractivity contribution < 1.29 is 4.79 Å². The summed E-state index contributed by atoms with van der Waals surface area (Å²) in [5.74, 6) is 0. The van der Waals surface area contributed by atoms with Gasteiger partial charge >= 0.3 is 0 Å². The minimum absolute atomic E-state index is 0.277. The standard InChI is InChI=1S/C11H5Cl3O/c12-8-3-1-2-6-4-9(13)7(5-15)11(14)10(6)8/h1-5H. The lowest BCUT2D eigenvalue weighted by atomic mass is 10.1. The summed E-state index contributed by atoms with van der Waals surface area (Å²) in [6.45, 7) is 0. The lowest BCUT2D eigenvalue weighted by Gasteiger charge is -2.06. The molecule has 2 aromatic carbocycles. The summed E-state index contributed by atoms with van der Waals surface area (Å²) in [5.41, 5.74) is 0.277. The van der Waals surface area contributed by atoms with Crippen LogP contribution in [0.25, 0.3) is 10.8 Å². The van der Waals surface area contributed by atoms with Gasteiger partial charge in [0.1, 0.15) is 0 Å². The van der Waals surface area contributed by atoms with E-state index < -0.39 is 0 Å². The molecule has 2 rings (SSSR count). The van der Waals surface area contributed by atoms with E-state index in [1.54, 1.807) is 18.2 Å². The summed E-state index contributed by atoms with van der Waals surface area (Å²) in [4.78, 5) is 10.8. The van der Waals surface area contributed by atoms with E-state index in [-0.39, 0.29) is 5.56 Å². The summed E-state index contributed by atoms with van der Waals surface area (Å²) in [5, 5.41) is 2.63. The number of benzene rings is 2. The lowest BCUT2D eigenvalue weighted by Crippen LogP contribution is -1.87. The zero-order valence-corrected chi connectivity index (χ0v) is 9.70. The Morgan fingerprint density at radius 1 is 1.07 bits per heavy atom. The Morgan fingerprint density at radius 3 is 2.47 bits per heavy atom. The zero-order chi connectivity index (χ0) is 11.0. The molecule has 0 unspecified atom stereocenters. The van der Waals surface area contributed by atoms with Crippen molar-refractivity contribution in [1.82, 2.24) is 0 Å². The molecule has 1 nitrogen and oxygen atoms in total. The molecule has 0 spiro atoms. The van der Waals surface area contributed by atoms with E-state index in [2.05, 4.69) is 0 Å². The van der Waals surface area contributed by atoms with E-state index in [9.17, 15) is 4.79 Å². The SMILES string of the molecule is O=Cc1c(Cl)cc2cccc(Cl)c2c1Cl. The van der Waals surface area contributed by atoms with Crippen LogP contribution in [0.1, 0.15) is 10.4 Å². The number of carbonyl (C=O) groups is 1. The first-order chi connectivity index (χ1) is 7.15. The Kier molecular flexibility index (Phi) is 2.87. The fraction of sp³-hybridized carbons (Fsp3) is 0. The maximum Gasteiger partial charge on any atom is 0.153 e. The average molecular weight is 260 g/mol. The molecule has 2 aromatic rings. The van der Waals surface area contributed by atoms with Gasteiger partial charge in [-0.25, -0.2) is 0 Å². The molecule has 15 heavy (non-hydrogen) atoms. The van der Waals surface area contributed by atoms with Crippen LogP contribution in [0.3, 0.4) is 0 Å². The first kappa shape index (κ1) is 10.7. The molecule has 0 radical (unpaired) electrons. The maximum atomic E-state index is 10.8. The molecule has 4 heteroatoms. The second-order valence-corrected chi connectivity index (χ2v) is 4.23. The molecular formula is C11H5Cl3O. The number of rotatable bonds is 1. The van der Waals surface area contributed by atoms with Crippen LogP contribution in [0.4, 0.5) is 0 Å². The van der Waals surface area contributed by atoms with Crippen molar-refractivity contribution in [3.8, 4) is 0 Å². The van der Waals surface area contributed by atoms with Crippen LogP contribution in [-0.4, -0.2) is 6.29 Å². The Labute approximate surface area is 102 Å². The average Bonchev–Trinajstić information content (AvgIpc) is 2.17. The van der Waals surface area contributed by atoms with E-state index in [0.29, 0.717) is 26.7 Å². The highest BCUT2D eigenvalue weighted by molar-refractivity contribution is 6.46. The van der Waals surface area contributed by atoms with Crippen LogP contribution in [0.15, 0.2) is 24.3 Å². The summed E-state index contributed by atoms with van der Waals surface area (Å²) >= 11 is 18.0. The van der Waals surface area contributed by atoms with Crippen LogP contribution >= 0.6 is 34.8 Å². The summed E-state index contributed by atoms with van der Waals surface area (Å²) in [6, 6.07) is 7.04. The second kappa shape index (κ2) is 4.01. The number of halogens is 3. The Morgan fingerprint density at radius 2 is 1.80 bits per heavy atom. The highest BCUT2D eigenvalue weighted by Gasteiger charge is 2.11. The molecule has 0 aliphatic rings. The molecule has 0 aliphatic carbocycles. The van der Waals surface area contributed by atoms with Crippen LogP contribution in [-0.2, 0) is 0 Å². The zero-order valence-electron chi connectivity index (χ0n) is 7.43. The van der Waals surface area contributed by atoms with Crippen LogP contribution < -0.4 is 0 Å². The first-order valence-corrected chi connectivity index (χ1v) is 5.30. The van der Waals surface area contributed by atoms with Gasteiger partial charge in [-0.1, -0.05) is 46.9 Å². The molecule has 0 fully saturated rings. The van der Waals surface area contributed by atoms with Crippen molar-refractivity contribution in [3.05, 3.63) is 44.9 Å². The predicted molar refractivity (Wildman–Crippen MR) is 64.4 cm³/mol. The van der Waals surface area contributed by atoms with Crippen molar-refractivity contribution in [2.75, 3.05) is 0 Å². The third-order valence-electron chi connectivity index (χ3n) is 2.16. The topological polar surface area (TPSA) is 17.1 Å². The van der Waals surface area contributed by atoms with Crippen molar-refractivity contribution in [3.63, 3.8) is 0 Å². The number of fused-ring (bicyclic) bond motifs is 1. The van der Waals surface area contributed by atoms with Crippen molar-refractivity contribution in [1.29, 1.82) is 0 Å². The van der Waals surface area contributed by atoms with E-state index in [1.807, 2.05) is 6.07 Å². The van der Waals surface area contributed by atoms with Gasteiger partial charge < -0.3 is 0 Å². The summed E-state index contributed by atoms with van der Waals surface area (Å²) in [7, 11) is 0. The van der Waals surface area contributed by atoms with Gasteiger partial charge in [-0.2, -0.15) is 0 Å². The normalized spacial score (nSPS) is 10.6. The molecule has 0 heterocycles. The monoisotopic (exact) mass is 258 g/mol. The van der Waals surface area contributed by atoms with Crippen LogP contribution in [0, 0.1) is 0 Å². The molecule has 0 aliphatic heterocycles. The van der Waals surface area contributed by atoms with Gasteiger partial charge in [-0.05, 0) is 17.5 Å². The molecule has 0 bridgehead atoms. The van der Waals surface area contributed by atoms with E-state index in [1.165, 1.54) is 0 Å². The van der Waals surface area contributed by atoms with Crippen LogP contribution in [0.5, 0.6) is 0 Å². The fourth-order valence-electron chi connectivity index (χ4n) is 1.45. The molecule has 0 aromatic heterocycles. The van der Waals surface area contributed by atoms with Crippen molar-refractivity contribution >= 4 is 51.9 Å². The van der Waals surface area contributed by atoms with Crippen LogP contribution in [0.2, 0.25) is 15.1 Å². The Hall–Kier alpha value is -0.760. The van der Waals surface area contributed by atoms with Gasteiger partial charge in [0.2, 0.25) is 0 Å². The summed E-state index contributed by atoms with van der Waals surface area (Å²) in [6.07, 6.45) is 0.632. The van der Waals surface area contributed by atoms with Gasteiger partial charge in [0.05, 0.1) is 15.6 Å². The number of hydrogen-bond donors (Lipinski definition) is 0. The minimum Gasteiger partial charge on any atom is -0.298 e. The van der Waals surface area contributed by atoms with E-state index >= 15 is 0 Å². The molecule has 0 N–H and O–H groups in total. The fourth-order valence-corrected chi connectivity index (χ4v) is 2.44. The lowest BCUT2D eigenvalue weighted by molar-refractivity contribution is 0.112. The molecule has 0 saturated heterocycles. The predicted octanol–water partition coefficient (Wildman–Crippen LogP) is 4.61. The highest BCUT2D eigenvalue weighted by atomic mass is 35.5. The maximum absolute atomic E-state index is 10.8. The Balaban J connectivity index is 2.98. The van der Waals surface area contributed by atoms with Gasteiger partial charge in [-0.3, -0.25) is 4.79 Å². The quantitative estimate of drug-likeness (QED) is 0.683. The smallest absolute Gasteiger partial charge is 0.153 e. The molecule has 76 valence electrons. The summed E-state index contributed by atoms with van der Waals surface area (Å²) < 4.78 is 0. The number of aldehydes is 1. The van der Waals surface area contributed by atoms with Crippen molar-refractivity contribution in [2.24, 2.45) is 0 Å². The second-order valence-electron chi connectivity index (χ2n) is 3.04. The van der Waals surface area contributed by atoms with Gasteiger partial charge in [-0.15, -0.1) is 0 Å². The number of carbonyl (C=O) groups excluding carboxylic acids is 1. The van der Waals surface area contributed by atoms with Crippen molar-refractivity contribution in [2.45, 2.75) is 0 Å². The minimum atomic E-state index is 0.277. The van der Waals surface area contributed by atoms with E-state index in [4.69, 9.17) is 34.8 Å². The molecule has 0 atom stereocenters. The molecular weight excluding hydrogens is 254 g/mol. The van der Waals surface area contributed by atoms with Gasteiger partial charge in [0.25, 0.3) is 0 Å². The highest BCUT2D eigenvalue weighted by Crippen LogP contribution is 2.36. The third kappa shape index (κ3) is 1.71. The molecule has 0 amide bonds.